The summed E-state index contributed by atoms with van der Waals surface area (Å²) in [5.41, 5.74) is 0.00243. The molecule has 1 fully saturated rings. The number of carbonyl (C=O) groups is 1. The second kappa shape index (κ2) is 3.09. The molecule has 0 radical (unpaired) electrons. The van der Waals surface area contributed by atoms with Crippen LogP contribution in [-0.2, 0) is 4.74 Å². The molecular formula is C7H13NO3. The lowest BCUT2D eigenvalue weighted by atomic mass is 10.2. The molecule has 1 aliphatic rings. The molecule has 64 valence electrons. The highest BCUT2D eigenvalue weighted by Crippen LogP contribution is 2.41. The summed E-state index contributed by atoms with van der Waals surface area (Å²) in [4.78, 5) is 10.0. The summed E-state index contributed by atoms with van der Waals surface area (Å²) >= 11 is 0. The van der Waals surface area contributed by atoms with E-state index in [9.17, 15) is 4.79 Å². The van der Waals surface area contributed by atoms with Crippen molar-refractivity contribution < 1.29 is 14.6 Å². The van der Waals surface area contributed by atoms with Crippen LogP contribution in [0.5, 0.6) is 0 Å². The maximum Gasteiger partial charge on any atom is 0.404 e. The molecule has 11 heavy (non-hydrogen) atoms. The van der Waals surface area contributed by atoms with Crippen LogP contribution in [0.15, 0.2) is 0 Å². The summed E-state index contributed by atoms with van der Waals surface area (Å²) in [7, 11) is 1.67. The van der Waals surface area contributed by atoms with Gasteiger partial charge in [-0.15, -0.1) is 0 Å². The monoisotopic (exact) mass is 159 g/mol. The summed E-state index contributed by atoms with van der Waals surface area (Å²) in [6.45, 7) is 0.489. The molecule has 4 heteroatoms. The molecule has 1 rings (SSSR count). The lowest BCUT2D eigenvalue weighted by Gasteiger charge is -2.11. The smallest absolute Gasteiger partial charge is 0.404 e. The Labute approximate surface area is 65.5 Å². The average molecular weight is 159 g/mol. The summed E-state index contributed by atoms with van der Waals surface area (Å²) in [6.07, 6.45) is 1.95. The van der Waals surface area contributed by atoms with Gasteiger partial charge in [-0.05, 0) is 19.3 Å². The maximum absolute atomic E-state index is 10.0. The molecule has 0 saturated heterocycles. The minimum atomic E-state index is -0.961. The van der Waals surface area contributed by atoms with Crippen molar-refractivity contribution in [3.8, 4) is 0 Å². The molecule has 2 N–H and O–H groups in total. The van der Waals surface area contributed by atoms with Gasteiger partial charge in [-0.1, -0.05) is 0 Å². The van der Waals surface area contributed by atoms with E-state index in [1.807, 2.05) is 0 Å². The highest BCUT2D eigenvalue weighted by atomic mass is 16.5. The number of amides is 1. The maximum atomic E-state index is 10.0. The molecular weight excluding hydrogens is 146 g/mol. The van der Waals surface area contributed by atoms with E-state index in [0.29, 0.717) is 6.54 Å². The Bertz CT molecular complexity index is 154. The Balaban J connectivity index is 2.07. The first kappa shape index (κ1) is 8.33. The van der Waals surface area contributed by atoms with Crippen LogP contribution in [-0.4, -0.2) is 30.5 Å². The number of rotatable bonds is 4. The molecule has 0 aromatic rings. The van der Waals surface area contributed by atoms with Crippen LogP contribution >= 0.6 is 0 Å². The van der Waals surface area contributed by atoms with Gasteiger partial charge in [0.05, 0.1) is 5.60 Å². The van der Waals surface area contributed by atoms with Crippen molar-refractivity contribution in [1.29, 1.82) is 0 Å². The fraction of sp³-hybridized carbons (Fsp3) is 0.857. The zero-order chi connectivity index (χ0) is 8.32. The van der Waals surface area contributed by atoms with Crippen molar-refractivity contribution in [1.82, 2.24) is 5.32 Å². The van der Waals surface area contributed by atoms with Gasteiger partial charge >= 0.3 is 6.09 Å². The third-order valence-corrected chi connectivity index (χ3v) is 2.10. The lowest BCUT2D eigenvalue weighted by molar-refractivity contribution is 0.0729. The van der Waals surface area contributed by atoms with E-state index in [1.54, 1.807) is 7.11 Å². The van der Waals surface area contributed by atoms with Crippen LogP contribution in [0.4, 0.5) is 4.79 Å². The van der Waals surface area contributed by atoms with Crippen LogP contribution in [0.25, 0.3) is 0 Å². The SMILES string of the molecule is COC1(CCNC(=O)O)CC1. The molecule has 0 aromatic carbocycles. The normalized spacial score (nSPS) is 19.4. The Hall–Kier alpha value is -0.770. The number of methoxy groups -OCH3 is 1. The minimum absolute atomic E-state index is 0.00243. The predicted octanol–water partition coefficient (Wildman–Crippen LogP) is 0.823. The summed E-state index contributed by atoms with van der Waals surface area (Å²) in [5, 5.41) is 10.6. The van der Waals surface area contributed by atoms with Gasteiger partial charge in [0.15, 0.2) is 0 Å². The molecule has 4 nitrogen and oxygen atoms in total. The minimum Gasteiger partial charge on any atom is -0.465 e. The quantitative estimate of drug-likeness (QED) is 0.638. The van der Waals surface area contributed by atoms with Gasteiger partial charge in [0.2, 0.25) is 0 Å². The van der Waals surface area contributed by atoms with E-state index in [-0.39, 0.29) is 5.60 Å². The van der Waals surface area contributed by atoms with Crippen molar-refractivity contribution in [3.05, 3.63) is 0 Å². The van der Waals surface area contributed by atoms with Crippen molar-refractivity contribution in [2.24, 2.45) is 0 Å². The van der Waals surface area contributed by atoms with E-state index in [0.717, 1.165) is 19.3 Å². The van der Waals surface area contributed by atoms with Crippen molar-refractivity contribution in [2.75, 3.05) is 13.7 Å². The number of hydrogen-bond donors (Lipinski definition) is 2. The second-order valence-electron chi connectivity index (χ2n) is 2.87. The molecule has 1 saturated carbocycles. The molecule has 0 atom stereocenters. The molecule has 0 aliphatic heterocycles. The average Bonchev–Trinajstić information content (AvgIpc) is 2.69. The summed E-state index contributed by atoms with van der Waals surface area (Å²) in [5.74, 6) is 0. The van der Waals surface area contributed by atoms with Gasteiger partial charge in [0.1, 0.15) is 0 Å². The number of nitrogens with one attached hydrogen (secondary N) is 1. The largest absolute Gasteiger partial charge is 0.465 e. The number of ether oxygens (including phenoxy) is 1. The molecule has 1 amide bonds. The van der Waals surface area contributed by atoms with E-state index in [1.165, 1.54) is 0 Å². The fourth-order valence-electron chi connectivity index (χ4n) is 1.09. The van der Waals surface area contributed by atoms with Crippen molar-refractivity contribution in [3.63, 3.8) is 0 Å². The Kier molecular flexibility index (Phi) is 2.34. The van der Waals surface area contributed by atoms with Crippen molar-refractivity contribution in [2.45, 2.75) is 24.9 Å². The Morgan fingerprint density at radius 3 is 2.73 bits per heavy atom. The van der Waals surface area contributed by atoms with E-state index >= 15 is 0 Å². The van der Waals surface area contributed by atoms with Gasteiger partial charge in [-0.3, -0.25) is 0 Å². The standard InChI is InChI=1S/C7H13NO3/c1-11-7(2-3-7)4-5-8-6(9)10/h8H,2-5H2,1H3,(H,9,10). The predicted molar refractivity (Wildman–Crippen MR) is 39.6 cm³/mol. The molecule has 0 bridgehead atoms. The summed E-state index contributed by atoms with van der Waals surface area (Å²) < 4.78 is 5.20. The number of hydrogen-bond acceptors (Lipinski definition) is 2. The molecule has 0 unspecified atom stereocenters. The van der Waals surface area contributed by atoms with Crippen LogP contribution in [0.3, 0.4) is 0 Å². The first-order valence-electron chi connectivity index (χ1n) is 3.70. The van der Waals surface area contributed by atoms with E-state index < -0.39 is 6.09 Å². The van der Waals surface area contributed by atoms with E-state index in [2.05, 4.69) is 5.32 Å². The Morgan fingerprint density at radius 2 is 2.36 bits per heavy atom. The molecule has 0 spiro atoms. The zero-order valence-electron chi connectivity index (χ0n) is 6.59. The Morgan fingerprint density at radius 1 is 1.73 bits per heavy atom. The number of carboxylic acid groups (broad SMARTS) is 1. The van der Waals surface area contributed by atoms with Crippen LogP contribution < -0.4 is 5.32 Å². The second-order valence-corrected chi connectivity index (χ2v) is 2.87. The highest BCUT2D eigenvalue weighted by molar-refractivity contribution is 5.64. The third kappa shape index (κ3) is 2.38. The van der Waals surface area contributed by atoms with Gasteiger partial charge in [-0.2, -0.15) is 0 Å². The molecule has 0 aromatic heterocycles. The van der Waals surface area contributed by atoms with Gasteiger partial charge < -0.3 is 15.2 Å². The van der Waals surface area contributed by atoms with Gasteiger partial charge in [0.25, 0.3) is 0 Å². The van der Waals surface area contributed by atoms with Crippen LogP contribution in [0, 0.1) is 0 Å². The topological polar surface area (TPSA) is 58.6 Å². The summed E-state index contributed by atoms with van der Waals surface area (Å²) in [6, 6.07) is 0. The van der Waals surface area contributed by atoms with Crippen LogP contribution in [0.1, 0.15) is 19.3 Å². The first-order chi connectivity index (χ1) is 5.18. The van der Waals surface area contributed by atoms with Crippen molar-refractivity contribution >= 4 is 6.09 Å². The first-order valence-corrected chi connectivity index (χ1v) is 3.70. The third-order valence-electron chi connectivity index (χ3n) is 2.10. The molecule has 0 heterocycles. The highest BCUT2D eigenvalue weighted by Gasteiger charge is 2.42. The fourth-order valence-corrected chi connectivity index (χ4v) is 1.09. The zero-order valence-corrected chi connectivity index (χ0v) is 6.59. The lowest BCUT2D eigenvalue weighted by Crippen LogP contribution is -2.26. The molecule has 1 aliphatic carbocycles. The van der Waals surface area contributed by atoms with Gasteiger partial charge in [-0.25, -0.2) is 4.79 Å². The van der Waals surface area contributed by atoms with Crippen LogP contribution in [0.2, 0.25) is 0 Å². The van der Waals surface area contributed by atoms with E-state index in [4.69, 9.17) is 9.84 Å². The van der Waals surface area contributed by atoms with Gasteiger partial charge in [0, 0.05) is 13.7 Å².